The van der Waals surface area contributed by atoms with Gasteiger partial charge in [0.05, 0.1) is 56.4 Å². The molecule has 2 aliphatic heterocycles. The standard InChI is InChI=1S/C38H42N8O7/c1-21(40-37(49)51-3)35(47)45-13-5-6-31(45)33-39-19-30(44-33)27-10-9-23-16-24(7-8-25(23)17-27)26-11-12-28-29(18-26)43-34(42-28)32-20-53-15-14-46(32)36(48)22(2)41-38(50)52-4/h7-12,16-19,21-22,31-32H,5-6,13-15,20H2,1-4H3,(H,39,44)(H,40,49)(H,41,50)(H,42,43)/t21-,22-,31-,32-/m0/s1. The van der Waals surface area contributed by atoms with Crippen LogP contribution in [0.25, 0.3) is 44.2 Å². The van der Waals surface area contributed by atoms with Crippen molar-refractivity contribution in [3.05, 3.63) is 72.4 Å². The zero-order chi connectivity index (χ0) is 37.2. The van der Waals surface area contributed by atoms with Crippen LogP contribution in [0.5, 0.6) is 0 Å². The van der Waals surface area contributed by atoms with Gasteiger partial charge in [-0.05, 0) is 72.9 Å². The largest absolute Gasteiger partial charge is 0.453 e. The van der Waals surface area contributed by atoms with E-state index in [1.807, 2.05) is 18.2 Å². The minimum atomic E-state index is -0.770. The lowest BCUT2D eigenvalue weighted by Crippen LogP contribution is -2.52. The van der Waals surface area contributed by atoms with Gasteiger partial charge in [0.2, 0.25) is 11.8 Å². The number of imidazole rings is 2. The quantitative estimate of drug-likeness (QED) is 0.174. The van der Waals surface area contributed by atoms with Crippen LogP contribution >= 0.6 is 0 Å². The Morgan fingerprint density at radius 1 is 0.792 bits per heavy atom. The number of carbonyl (C=O) groups is 4. The van der Waals surface area contributed by atoms with Crippen molar-refractivity contribution in [2.24, 2.45) is 0 Å². The van der Waals surface area contributed by atoms with Gasteiger partial charge in [0.1, 0.15) is 29.8 Å². The fourth-order valence-electron chi connectivity index (χ4n) is 7.11. The number of ether oxygens (including phenoxy) is 3. The average molecular weight is 723 g/mol. The monoisotopic (exact) mass is 722 g/mol. The predicted molar refractivity (Wildman–Crippen MR) is 196 cm³/mol. The van der Waals surface area contributed by atoms with Crippen molar-refractivity contribution in [2.75, 3.05) is 40.5 Å². The molecule has 0 aliphatic carbocycles. The van der Waals surface area contributed by atoms with E-state index in [-0.39, 0.29) is 24.5 Å². The number of carbonyl (C=O) groups excluding carboxylic acids is 4. The summed E-state index contributed by atoms with van der Waals surface area (Å²) in [5, 5.41) is 7.24. The van der Waals surface area contributed by atoms with E-state index in [9.17, 15) is 19.2 Å². The summed E-state index contributed by atoms with van der Waals surface area (Å²) in [6, 6.07) is 16.5. The number of likely N-dealkylation sites (tertiary alicyclic amines) is 1. The van der Waals surface area contributed by atoms with Crippen molar-refractivity contribution in [1.29, 1.82) is 0 Å². The van der Waals surface area contributed by atoms with Crippen molar-refractivity contribution >= 4 is 45.8 Å². The normalized spacial score (nSPS) is 18.5. The minimum Gasteiger partial charge on any atom is -0.453 e. The number of H-pyrrole nitrogens is 2. The van der Waals surface area contributed by atoms with E-state index in [4.69, 9.17) is 9.72 Å². The Labute approximate surface area is 305 Å². The first-order valence-electron chi connectivity index (χ1n) is 17.6. The Kier molecular flexibility index (Phi) is 10.00. The summed E-state index contributed by atoms with van der Waals surface area (Å²) in [6.45, 7) is 4.91. The molecule has 53 heavy (non-hydrogen) atoms. The molecule has 0 spiro atoms. The first-order valence-corrected chi connectivity index (χ1v) is 17.6. The Hall–Kier alpha value is -5.96. The Balaban J connectivity index is 1.07. The van der Waals surface area contributed by atoms with Gasteiger partial charge in [0, 0.05) is 18.7 Å². The highest BCUT2D eigenvalue weighted by atomic mass is 16.5. The molecule has 276 valence electrons. The van der Waals surface area contributed by atoms with Gasteiger partial charge >= 0.3 is 12.2 Å². The Bertz CT molecular complexity index is 2180. The molecule has 15 heteroatoms. The van der Waals surface area contributed by atoms with Crippen molar-refractivity contribution in [2.45, 2.75) is 50.9 Å². The second-order valence-corrected chi connectivity index (χ2v) is 13.3. The maximum atomic E-state index is 13.3. The van der Waals surface area contributed by atoms with Crippen LogP contribution in [-0.2, 0) is 23.8 Å². The van der Waals surface area contributed by atoms with Crippen LogP contribution in [0, 0.1) is 0 Å². The van der Waals surface area contributed by atoms with Gasteiger partial charge in [0.15, 0.2) is 0 Å². The van der Waals surface area contributed by atoms with E-state index in [2.05, 4.69) is 71.5 Å². The maximum absolute atomic E-state index is 13.3. The molecule has 7 rings (SSSR count). The highest BCUT2D eigenvalue weighted by Crippen LogP contribution is 2.34. The van der Waals surface area contributed by atoms with E-state index in [0.717, 1.165) is 57.0 Å². The molecular formula is C38H42N8O7. The molecule has 0 saturated carbocycles. The van der Waals surface area contributed by atoms with Crippen LogP contribution in [-0.4, -0.2) is 106 Å². The summed E-state index contributed by atoms with van der Waals surface area (Å²) < 4.78 is 15.0. The van der Waals surface area contributed by atoms with Gasteiger partial charge in [-0.3, -0.25) is 9.59 Å². The van der Waals surface area contributed by atoms with Crippen molar-refractivity contribution < 1.29 is 33.4 Å². The minimum absolute atomic E-state index is 0.178. The summed E-state index contributed by atoms with van der Waals surface area (Å²) in [7, 11) is 2.53. The summed E-state index contributed by atoms with van der Waals surface area (Å²) in [6.07, 6.45) is 2.10. The van der Waals surface area contributed by atoms with Crippen LogP contribution in [0.4, 0.5) is 9.59 Å². The van der Waals surface area contributed by atoms with E-state index in [0.29, 0.717) is 31.3 Å². The number of benzene rings is 3. The molecule has 3 aromatic carbocycles. The topological polar surface area (TPSA) is 184 Å². The number of aromatic amines is 2. The highest BCUT2D eigenvalue weighted by molar-refractivity contribution is 5.92. The second-order valence-electron chi connectivity index (χ2n) is 13.3. The van der Waals surface area contributed by atoms with Crippen molar-refractivity contribution in [3.8, 4) is 22.4 Å². The Morgan fingerprint density at radius 3 is 2.11 bits per heavy atom. The molecule has 2 saturated heterocycles. The fourth-order valence-corrected chi connectivity index (χ4v) is 7.11. The molecular weight excluding hydrogens is 680 g/mol. The number of methoxy groups -OCH3 is 2. The second kappa shape index (κ2) is 14.9. The lowest BCUT2D eigenvalue weighted by molar-refractivity contribution is -0.142. The van der Waals surface area contributed by atoms with Crippen molar-refractivity contribution in [3.63, 3.8) is 0 Å². The fraction of sp³-hybridized carbons (Fsp3) is 0.368. The number of fused-ring (bicyclic) bond motifs is 2. The molecule has 4 heterocycles. The van der Waals surface area contributed by atoms with Crippen LogP contribution in [0.3, 0.4) is 0 Å². The number of nitrogens with one attached hydrogen (secondary N) is 4. The number of morpholine rings is 1. The van der Waals surface area contributed by atoms with E-state index >= 15 is 0 Å². The number of rotatable bonds is 8. The Morgan fingerprint density at radius 2 is 1.42 bits per heavy atom. The number of aromatic nitrogens is 4. The van der Waals surface area contributed by atoms with Gasteiger partial charge < -0.3 is 44.6 Å². The first-order chi connectivity index (χ1) is 25.6. The molecule has 0 unspecified atom stereocenters. The molecule has 2 aromatic heterocycles. The summed E-state index contributed by atoms with van der Waals surface area (Å²) in [4.78, 5) is 69.5. The van der Waals surface area contributed by atoms with E-state index in [1.54, 1.807) is 29.8 Å². The smallest absolute Gasteiger partial charge is 0.407 e. The average Bonchev–Trinajstić information content (AvgIpc) is 3.96. The zero-order valence-electron chi connectivity index (χ0n) is 30.0. The van der Waals surface area contributed by atoms with Crippen LogP contribution < -0.4 is 10.6 Å². The first kappa shape index (κ1) is 35.4. The molecule has 0 bridgehead atoms. The molecule has 2 fully saturated rings. The van der Waals surface area contributed by atoms with Gasteiger partial charge in [-0.2, -0.15) is 0 Å². The molecule has 2 aliphatic rings. The highest BCUT2D eigenvalue weighted by Gasteiger charge is 2.36. The van der Waals surface area contributed by atoms with Crippen LogP contribution in [0.1, 0.15) is 50.4 Å². The third kappa shape index (κ3) is 7.24. The molecule has 4 N–H and O–H groups in total. The SMILES string of the molecule is COC(=O)N[C@@H](C)C(=O)N1CCC[C@H]1c1ncc(-c2ccc3cc(-c4ccc5nc([C@@H]6COCCN6C(=O)[C@H](C)NC(=O)OC)[nH]c5c4)ccc3c2)[nH]1. The molecule has 5 aromatic rings. The molecule has 4 amide bonds. The summed E-state index contributed by atoms with van der Waals surface area (Å²) in [5.74, 6) is 0.902. The van der Waals surface area contributed by atoms with Gasteiger partial charge in [-0.1, -0.05) is 30.3 Å². The summed E-state index contributed by atoms with van der Waals surface area (Å²) >= 11 is 0. The third-order valence-electron chi connectivity index (χ3n) is 9.94. The molecule has 15 nitrogen and oxygen atoms in total. The predicted octanol–water partition coefficient (Wildman–Crippen LogP) is 4.83. The number of amides is 4. The maximum Gasteiger partial charge on any atom is 0.407 e. The number of alkyl carbamates (subject to hydrolysis) is 2. The van der Waals surface area contributed by atoms with Crippen LogP contribution in [0.15, 0.2) is 60.8 Å². The number of nitrogens with zero attached hydrogens (tertiary/aromatic N) is 4. The molecule has 4 atom stereocenters. The molecule has 0 radical (unpaired) electrons. The van der Waals surface area contributed by atoms with Gasteiger partial charge in [0.25, 0.3) is 0 Å². The number of hydrogen-bond acceptors (Lipinski definition) is 9. The number of hydrogen-bond donors (Lipinski definition) is 4. The van der Waals surface area contributed by atoms with E-state index < -0.39 is 30.3 Å². The van der Waals surface area contributed by atoms with E-state index in [1.165, 1.54) is 14.2 Å². The van der Waals surface area contributed by atoms with Crippen molar-refractivity contribution in [1.82, 2.24) is 40.4 Å². The zero-order valence-corrected chi connectivity index (χ0v) is 30.0. The van der Waals surface area contributed by atoms with Gasteiger partial charge in [-0.25, -0.2) is 19.6 Å². The lowest BCUT2D eigenvalue weighted by atomic mass is 9.99. The third-order valence-corrected chi connectivity index (χ3v) is 9.94. The van der Waals surface area contributed by atoms with Gasteiger partial charge in [-0.15, -0.1) is 0 Å². The summed E-state index contributed by atoms with van der Waals surface area (Å²) in [5.41, 5.74) is 5.47. The van der Waals surface area contributed by atoms with Crippen LogP contribution in [0.2, 0.25) is 0 Å². The lowest BCUT2D eigenvalue weighted by Gasteiger charge is -2.36.